The average Bonchev–Trinajstić information content (AvgIpc) is 2.85. The lowest BCUT2D eigenvalue weighted by Gasteiger charge is -2.26. The van der Waals surface area contributed by atoms with Gasteiger partial charge in [-0.2, -0.15) is 0 Å². The van der Waals surface area contributed by atoms with Crippen LogP contribution < -0.4 is 0 Å². The van der Waals surface area contributed by atoms with Gasteiger partial charge in [0.05, 0.1) is 0 Å². The van der Waals surface area contributed by atoms with Gasteiger partial charge in [0.25, 0.3) is 0 Å². The monoisotopic (exact) mass is 258 g/mol. The molecular formula is C17H22S. The Morgan fingerprint density at radius 3 is 2.78 bits per heavy atom. The number of hydrogen-bond donors (Lipinski definition) is 0. The highest BCUT2D eigenvalue weighted by Crippen LogP contribution is 2.31. The Kier molecular flexibility index (Phi) is 3.69. The second-order valence-corrected chi connectivity index (χ2v) is 6.91. The Balaban J connectivity index is 1.59. The summed E-state index contributed by atoms with van der Waals surface area (Å²) in [6.07, 6.45) is 8.49. The van der Waals surface area contributed by atoms with Crippen molar-refractivity contribution in [2.75, 3.05) is 0 Å². The van der Waals surface area contributed by atoms with Crippen LogP contribution in [0.15, 0.2) is 29.6 Å². The maximum Gasteiger partial charge on any atom is 0.0342 e. The van der Waals surface area contributed by atoms with Crippen molar-refractivity contribution in [2.45, 2.75) is 45.4 Å². The number of fused-ring (bicyclic) bond motifs is 1. The van der Waals surface area contributed by atoms with Gasteiger partial charge in [0, 0.05) is 4.70 Å². The molecule has 2 aromatic rings. The van der Waals surface area contributed by atoms with Crippen LogP contribution in [-0.2, 0) is 6.42 Å². The average molecular weight is 258 g/mol. The molecule has 1 aliphatic rings. The van der Waals surface area contributed by atoms with Crippen LogP contribution in [0, 0.1) is 11.8 Å². The van der Waals surface area contributed by atoms with E-state index in [2.05, 4.69) is 36.6 Å². The Morgan fingerprint density at radius 1 is 1.11 bits per heavy atom. The molecule has 0 bridgehead atoms. The van der Waals surface area contributed by atoms with Gasteiger partial charge in [0.15, 0.2) is 0 Å². The summed E-state index contributed by atoms with van der Waals surface area (Å²) in [5, 5.41) is 3.62. The first-order valence-electron chi connectivity index (χ1n) is 7.27. The molecule has 0 spiro atoms. The third kappa shape index (κ3) is 2.77. The van der Waals surface area contributed by atoms with Gasteiger partial charge in [-0.25, -0.2) is 0 Å². The molecular weight excluding hydrogens is 236 g/mol. The molecule has 96 valence electrons. The highest BCUT2D eigenvalue weighted by molar-refractivity contribution is 7.17. The fraction of sp³-hybridized carbons (Fsp3) is 0.529. The molecule has 0 unspecified atom stereocenters. The van der Waals surface area contributed by atoms with Crippen LogP contribution in [0.2, 0.25) is 0 Å². The van der Waals surface area contributed by atoms with Crippen molar-refractivity contribution in [1.29, 1.82) is 0 Å². The fourth-order valence-corrected chi connectivity index (χ4v) is 3.93. The summed E-state index contributed by atoms with van der Waals surface area (Å²) in [7, 11) is 0. The SMILES string of the molecule is CC1CCC(CCc2ccc3sccc3c2)CC1. The van der Waals surface area contributed by atoms with E-state index < -0.39 is 0 Å². The summed E-state index contributed by atoms with van der Waals surface area (Å²) in [5.74, 6) is 1.96. The molecule has 1 heterocycles. The second kappa shape index (κ2) is 5.44. The summed E-state index contributed by atoms with van der Waals surface area (Å²) in [6.45, 7) is 2.40. The van der Waals surface area contributed by atoms with Gasteiger partial charge in [-0.05, 0) is 53.1 Å². The van der Waals surface area contributed by atoms with E-state index in [0.29, 0.717) is 0 Å². The van der Waals surface area contributed by atoms with Crippen LogP contribution in [0.5, 0.6) is 0 Å². The normalized spacial score (nSPS) is 24.5. The van der Waals surface area contributed by atoms with Crippen LogP contribution in [0.1, 0.15) is 44.6 Å². The summed E-state index contributed by atoms with van der Waals surface area (Å²) < 4.78 is 1.42. The van der Waals surface area contributed by atoms with Gasteiger partial charge in [-0.1, -0.05) is 44.7 Å². The molecule has 3 rings (SSSR count). The predicted octanol–water partition coefficient (Wildman–Crippen LogP) is 5.66. The third-order valence-electron chi connectivity index (χ3n) is 4.49. The lowest BCUT2D eigenvalue weighted by molar-refractivity contribution is 0.278. The van der Waals surface area contributed by atoms with E-state index in [9.17, 15) is 0 Å². The minimum Gasteiger partial charge on any atom is -0.144 e. The lowest BCUT2D eigenvalue weighted by atomic mass is 9.80. The van der Waals surface area contributed by atoms with E-state index in [1.807, 2.05) is 11.3 Å². The molecule has 1 aliphatic carbocycles. The molecule has 18 heavy (non-hydrogen) atoms. The first kappa shape index (κ1) is 12.2. The van der Waals surface area contributed by atoms with E-state index in [1.165, 1.54) is 54.2 Å². The maximum absolute atomic E-state index is 2.40. The van der Waals surface area contributed by atoms with Gasteiger partial charge in [-0.3, -0.25) is 0 Å². The van der Waals surface area contributed by atoms with Crippen molar-refractivity contribution in [3.63, 3.8) is 0 Å². The van der Waals surface area contributed by atoms with E-state index in [0.717, 1.165) is 11.8 Å². The van der Waals surface area contributed by atoms with E-state index in [-0.39, 0.29) is 0 Å². The number of hydrogen-bond acceptors (Lipinski definition) is 1. The zero-order chi connectivity index (χ0) is 12.4. The molecule has 0 N–H and O–H groups in total. The first-order chi connectivity index (χ1) is 8.81. The number of aryl methyl sites for hydroxylation is 1. The summed E-state index contributed by atoms with van der Waals surface area (Å²) in [4.78, 5) is 0. The van der Waals surface area contributed by atoms with Crippen LogP contribution in [0.25, 0.3) is 10.1 Å². The van der Waals surface area contributed by atoms with Crippen LogP contribution in [-0.4, -0.2) is 0 Å². The van der Waals surface area contributed by atoms with Gasteiger partial charge >= 0.3 is 0 Å². The highest BCUT2D eigenvalue weighted by Gasteiger charge is 2.17. The minimum absolute atomic E-state index is 0.975. The Bertz CT molecular complexity index is 503. The van der Waals surface area contributed by atoms with E-state index in [4.69, 9.17) is 0 Å². The number of rotatable bonds is 3. The van der Waals surface area contributed by atoms with Crippen LogP contribution in [0.4, 0.5) is 0 Å². The van der Waals surface area contributed by atoms with Crippen LogP contribution >= 0.6 is 11.3 Å². The van der Waals surface area contributed by atoms with Gasteiger partial charge in [0.1, 0.15) is 0 Å². The quantitative estimate of drug-likeness (QED) is 0.666. The first-order valence-corrected chi connectivity index (χ1v) is 8.15. The standard InChI is InChI=1S/C17H22S/c1-13-2-4-14(5-3-13)6-7-15-8-9-17-16(12-15)10-11-18-17/h8-14H,2-7H2,1H3. The molecule has 1 heteroatoms. The zero-order valence-electron chi connectivity index (χ0n) is 11.2. The Hall–Kier alpha value is -0.820. The smallest absolute Gasteiger partial charge is 0.0342 e. The number of benzene rings is 1. The number of thiophene rings is 1. The molecule has 1 saturated carbocycles. The van der Waals surface area contributed by atoms with Crippen molar-refractivity contribution in [1.82, 2.24) is 0 Å². The van der Waals surface area contributed by atoms with Crippen molar-refractivity contribution in [2.24, 2.45) is 11.8 Å². The molecule has 0 saturated heterocycles. The predicted molar refractivity (Wildman–Crippen MR) is 81.3 cm³/mol. The van der Waals surface area contributed by atoms with Crippen molar-refractivity contribution in [3.05, 3.63) is 35.2 Å². The summed E-state index contributed by atoms with van der Waals surface area (Å²) in [6, 6.07) is 9.24. The minimum atomic E-state index is 0.975. The maximum atomic E-state index is 2.40. The highest BCUT2D eigenvalue weighted by atomic mass is 32.1. The van der Waals surface area contributed by atoms with Gasteiger partial charge in [0.2, 0.25) is 0 Å². The largest absolute Gasteiger partial charge is 0.144 e. The topological polar surface area (TPSA) is 0 Å². The third-order valence-corrected chi connectivity index (χ3v) is 5.39. The molecule has 1 aromatic heterocycles. The van der Waals surface area contributed by atoms with Crippen molar-refractivity contribution < 1.29 is 0 Å². The van der Waals surface area contributed by atoms with Gasteiger partial charge < -0.3 is 0 Å². The second-order valence-electron chi connectivity index (χ2n) is 5.96. The molecule has 1 fully saturated rings. The van der Waals surface area contributed by atoms with E-state index >= 15 is 0 Å². The van der Waals surface area contributed by atoms with E-state index in [1.54, 1.807) is 0 Å². The zero-order valence-corrected chi connectivity index (χ0v) is 12.0. The van der Waals surface area contributed by atoms with Crippen LogP contribution in [0.3, 0.4) is 0 Å². The van der Waals surface area contributed by atoms with Crippen molar-refractivity contribution >= 4 is 21.4 Å². The van der Waals surface area contributed by atoms with Gasteiger partial charge in [-0.15, -0.1) is 11.3 Å². The fourth-order valence-electron chi connectivity index (χ4n) is 3.16. The molecule has 0 atom stereocenters. The molecule has 0 amide bonds. The Morgan fingerprint density at radius 2 is 1.94 bits per heavy atom. The molecule has 0 radical (unpaired) electrons. The van der Waals surface area contributed by atoms with Crippen molar-refractivity contribution in [3.8, 4) is 0 Å². The summed E-state index contributed by atoms with van der Waals surface area (Å²) >= 11 is 1.84. The molecule has 0 nitrogen and oxygen atoms in total. The molecule has 0 aliphatic heterocycles. The molecule has 1 aromatic carbocycles. The summed E-state index contributed by atoms with van der Waals surface area (Å²) in [5.41, 5.74) is 1.53. The Labute approximate surface area is 114 Å². The lowest BCUT2D eigenvalue weighted by Crippen LogP contribution is -2.12.